The molecule has 136 valence electrons. The van der Waals surface area contributed by atoms with Crippen LogP contribution in [0.15, 0.2) is 84.9 Å². The van der Waals surface area contributed by atoms with Crippen LogP contribution >= 0.6 is 22.9 Å². The summed E-state index contributed by atoms with van der Waals surface area (Å²) in [6.45, 7) is 0.480. The van der Waals surface area contributed by atoms with Gasteiger partial charge in [0.25, 0.3) is 0 Å². The molecule has 0 unspecified atom stereocenters. The molecule has 1 heterocycles. The Morgan fingerprint density at radius 3 is 2.46 bits per heavy atom. The molecule has 1 aromatic heterocycles. The predicted octanol–water partition coefficient (Wildman–Crippen LogP) is 7.35. The fourth-order valence-electron chi connectivity index (χ4n) is 3.31. The van der Waals surface area contributed by atoms with Crippen molar-refractivity contribution in [3.8, 4) is 16.3 Å². The van der Waals surface area contributed by atoms with Crippen molar-refractivity contribution in [1.82, 2.24) is 4.98 Å². The molecule has 28 heavy (non-hydrogen) atoms. The van der Waals surface area contributed by atoms with Gasteiger partial charge in [-0.25, -0.2) is 4.98 Å². The van der Waals surface area contributed by atoms with Crippen LogP contribution in [0.5, 0.6) is 5.75 Å². The Balaban J connectivity index is 1.62. The normalized spacial score (nSPS) is 11.2. The number of aromatic nitrogens is 1. The monoisotopic (exact) mass is 401 g/mol. The Bertz CT molecular complexity index is 1240. The lowest BCUT2D eigenvalue weighted by molar-refractivity contribution is 0.308. The Morgan fingerprint density at radius 2 is 1.61 bits per heavy atom. The van der Waals surface area contributed by atoms with Gasteiger partial charge in [-0.1, -0.05) is 66.2 Å². The molecule has 0 radical (unpaired) electrons. The van der Waals surface area contributed by atoms with Crippen LogP contribution in [0, 0.1) is 0 Å². The van der Waals surface area contributed by atoms with Crippen LogP contribution in [0.3, 0.4) is 0 Å². The van der Waals surface area contributed by atoms with Crippen LogP contribution < -0.4 is 4.74 Å². The number of thiazole rings is 1. The van der Waals surface area contributed by atoms with Crippen LogP contribution in [0.25, 0.3) is 31.6 Å². The third kappa shape index (κ3) is 3.24. The zero-order valence-corrected chi connectivity index (χ0v) is 16.5. The highest BCUT2D eigenvalue weighted by atomic mass is 35.5. The van der Waals surface area contributed by atoms with E-state index in [2.05, 4.69) is 42.5 Å². The van der Waals surface area contributed by atoms with Crippen molar-refractivity contribution in [2.45, 2.75) is 6.61 Å². The van der Waals surface area contributed by atoms with Gasteiger partial charge in [-0.2, -0.15) is 0 Å². The summed E-state index contributed by atoms with van der Waals surface area (Å²) >= 11 is 7.68. The van der Waals surface area contributed by atoms with E-state index in [0.29, 0.717) is 6.61 Å². The molecular formula is C24H16ClNOS. The molecule has 0 N–H and O–H groups in total. The first kappa shape index (κ1) is 17.2. The highest BCUT2D eigenvalue weighted by Crippen LogP contribution is 2.41. The topological polar surface area (TPSA) is 22.1 Å². The van der Waals surface area contributed by atoms with E-state index in [1.807, 2.05) is 42.5 Å². The minimum Gasteiger partial charge on any atom is -0.488 e. The van der Waals surface area contributed by atoms with Gasteiger partial charge in [-0.3, -0.25) is 0 Å². The Morgan fingerprint density at radius 1 is 0.821 bits per heavy atom. The fourth-order valence-corrected chi connectivity index (χ4v) is 4.47. The average molecular weight is 402 g/mol. The fraction of sp³-hybridized carbons (Fsp3) is 0.0417. The van der Waals surface area contributed by atoms with Gasteiger partial charge >= 0.3 is 0 Å². The van der Waals surface area contributed by atoms with E-state index in [-0.39, 0.29) is 0 Å². The average Bonchev–Trinajstić information content (AvgIpc) is 3.16. The van der Waals surface area contributed by atoms with Gasteiger partial charge in [0.05, 0.1) is 15.8 Å². The quantitative estimate of drug-likeness (QED) is 0.314. The van der Waals surface area contributed by atoms with E-state index in [9.17, 15) is 0 Å². The number of fused-ring (bicyclic) bond motifs is 2. The summed E-state index contributed by atoms with van der Waals surface area (Å²) in [5.41, 5.74) is 3.14. The number of benzene rings is 4. The highest BCUT2D eigenvalue weighted by molar-refractivity contribution is 7.21. The number of hydrogen-bond donors (Lipinski definition) is 0. The lowest BCUT2D eigenvalue weighted by atomic mass is 10.0. The standard InChI is InChI=1S/C24H16ClNOS/c25-18-12-9-16(10-13-18)15-27-21-14-11-17-5-1-2-6-19(17)23(21)24-26-20-7-3-4-8-22(20)28-24/h1-14H,15H2. The molecule has 4 heteroatoms. The first-order chi connectivity index (χ1) is 13.8. The zero-order chi connectivity index (χ0) is 18.9. The van der Waals surface area contributed by atoms with E-state index < -0.39 is 0 Å². The van der Waals surface area contributed by atoms with E-state index in [1.165, 1.54) is 10.1 Å². The molecule has 4 aromatic carbocycles. The molecule has 0 saturated carbocycles. The van der Waals surface area contributed by atoms with Gasteiger partial charge in [-0.15, -0.1) is 11.3 Å². The summed E-state index contributed by atoms with van der Waals surface area (Å²) in [6.07, 6.45) is 0. The Hall–Kier alpha value is -2.88. The summed E-state index contributed by atoms with van der Waals surface area (Å²) in [5, 5.41) is 4.03. The van der Waals surface area contributed by atoms with Gasteiger partial charge in [0, 0.05) is 5.02 Å². The largest absolute Gasteiger partial charge is 0.488 e. The smallest absolute Gasteiger partial charge is 0.130 e. The second-order valence-electron chi connectivity index (χ2n) is 6.56. The maximum absolute atomic E-state index is 6.25. The zero-order valence-electron chi connectivity index (χ0n) is 14.9. The Kier molecular flexibility index (Phi) is 4.47. The molecule has 2 nitrogen and oxygen atoms in total. The number of para-hydroxylation sites is 1. The van der Waals surface area contributed by atoms with Crippen molar-refractivity contribution in [1.29, 1.82) is 0 Å². The summed E-state index contributed by atoms with van der Waals surface area (Å²) in [7, 11) is 0. The third-order valence-corrected chi connectivity index (χ3v) is 6.01. The predicted molar refractivity (Wildman–Crippen MR) is 118 cm³/mol. The number of rotatable bonds is 4. The first-order valence-electron chi connectivity index (χ1n) is 9.03. The van der Waals surface area contributed by atoms with Crippen LogP contribution in [0.1, 0.15) is 5.56 Å². The van der Waals surface area contributed by atoms with Crippen molar-refractivity contribution in [2.24, 2.45) is 0 Å². The van der Waals surface area contributed by atoms with Crippen LogP contribution in [-0.2, 0) is 6.61 Å². The van der Waals surface area contributed by atoms with Crippen LogP contribution in [0.2, 0.25) is 5.02 Å². The van der Waals surface area contributed by atoms with Gasteiger partial charge < -0.3 is 4.74 Å². The molecule has 0 aliphatic carbocycles. The molecule has 0 amide bonds. The molecule has 0 aliphatic rings. The van der Waals surface area contributed by atoms with Crippen molar-refractivity contribution < 1.29 is 4.74 Å². The number of hydrogen-bond acceptors (Lipinski definition) is 3. The van der Waals surface area contributed by atoms with E-state index in [4.69, 9.17) is 21.3 Å². The highest BCUT2D eigenvalue weighted by Gasteiger charge is 2.15. The summed E-state index contributed by atoms with van der Waals surface area (Å²) in [5.74, 6) is 0.840. The van der Waals surface area contributed by atoms with Crippen molar-refractivity contribution in [3.05, 3.63) is 95.5 Å². The van der Waals surface area contributed by atoms with E-state index >= 15 is 0 Å². The second kappa shape index (κ2) is 7.27. The summed E-state index contributed by atoms with van der Waals surface area (Å²) < 4.78 is 7.42. The number of ether oxygens (including phenoxy) is 1. The van der Waals surface area contributed by atoms with Crippen LogP contribution in [-0.4, -0.2) is 4.98 Å². The lowest BCUT2D eigenvalue weighted by Crippen LogP contribution is -1.97. The second-order valence-corrected chi connectivity index (χ2v) is 8.03. The van der Waals surface area contributed by atoms with Crippen molar-refractivity contribution >= 4 is 43.9 Å². The number of halogens is 1. The SMILES string of the molecule is Clc1ccc(COc2ccc3ccccc3c2-c2nc3ccccc3s2)cc1. The van der Waals surface area contributed by atoms with E-state index in [1.54, 1.807) is 11.3 Å². The van der Waals surface area contributed by atoms with Crippen LogP contribution in [0.4, 0.5) is 0 Å². The number of nitrogens with zero attached hydrogens (tertiary/aromatic N) is 1. The molecule has 5 aromatic rings. The maximum atomic E-state index is 6.25. The molecule has 0 saturated heterocycles. The first-order valence-corrected chi connectivity index (χ1v) is 10.2. The van der Waals surface area contributed by atoms with Gasteiger partial charge in [0.2, 0.25) is 0 Å². The minimum absolute atomic E-state index is 0.480. The van der Waals surface area contributed by atoms with Crippen molar-refractivity contribution in [2.75, 3.05) is 0 Å². The van der Waals surface area contributed by atoms with Gasteiger partial charge in [0.1, 0.15) is 17.4 Å². The molecular weight excluding hydrogens is 386 g/mol. The van der Waals surface area contributed by atoms with E-state index in [0.717, 1.165) is 37.8 Å². The minimum atomic E-state index is 0.480. The summed E-state index contributed by atoms with van der Waals surface area (Å²) in [6, 6.07) is 28.5. The third-order valence-electron chi connectivity index (χ3n) is 4.71. The molecule has 0 atom stereocenters. The maximum Gasteiger partial charge on any atom is 0.130 e. The summed E-state index contributed by atoms with van der Waals surface area (Å²) in [4.78, 5) is 4.88. The van der Waals surface area contributed by atoms with Gasteiger partial charge in [0.15, 0.2) is 0 Å². The molecule has 0 bridgehead atoms. The molecule has 0 fully saturated rings. The van der Waals surface area contributed by atoms with Gasteiger partial charge in [-0.05, 0) is 46.7 Å². The molecule has 0 aliphatic heterocycles. The molecule has 5 rings (SSSR count). The van der Waals surface area contributed by atoms with Crippen molar-refractivity contribution in [3.63, 3.8) is 0 Å². The molecule has 0 spiro atoms. The Labute approximate surface area is 172 Å². The lowest BCUT2D eigenvalue weighted by Gasteiger charge is -2.13.